The summed E-state index contributed by atoms with van der Waals surface area (Å²) in [5, 5.41) is 0. The largest absolute Gasteiger partial charge is 0.327 e. The first-order valence-electron chi connectivity index (χ1n) is 6.91. The Labute approximate surface area is 108 Å². The summed E-state index contributed by atoms with van der Waals surface area (Å²) in [6.45, 7) is 4.15. The van der Waals surface area contributed by atoms with E-state index in [4.69, 9.17) is 0 Å². The van der Waals surface area contributed by atoms with Gasteiger partial charge in [-0.3, -0.25) is 9.69 Å². The van der Waals surface area contributed by atoms with Crippen molar-refractivity contribution in [1.29, 1.82) is 0 Å². The van der Waals surface area contributed by atoms with Gasteiger partial charge in [0, 0.05) is 19.0 Å². The van der Waals surface area contributed by atoms with Gasteiger partial charge in [0.05, 0.1) is 6.17 Å². The molecule has 2 heterocycles. The maximum atomic E-state index is 12.2. The Morgan fingerprint density at radius 2 is 2.06 bits per heavy atom. The van der Waals surface area contributed by atoms with Crippen LogP contribution in [0.15, 0.2) is 30.3 Å². The SMILES string of the molecule is CCN1C(c2ccccc2)CC(=O)N2CCCC21. The average Bonchev–Trinajstić information content (AvgIpc) is 2.89. The van der Waals surface area contributed by atoms with Gasteiger partial charge < -0.3 is 4.90 Å². The van der Waals surface area contributed by atoms with Crippen molar-refractivity contribution < 1.29 is 4.79 Å². The molecule has 0 saturated carbocycles. The van der Waals surface area contributed by atoms with E-state index in [1.807, 2.05) is 6.07 Å². The summed E-state index contributed by atoms with van der Waals surface area (Å²) in [5.74, 6) is 0.330. The van der Waals surface area contributed by atoms with E-state index in [2.05, 4.69) is 41.0 Å². The number of nitrogens with zero attached hydrogens (tertiary/aromatic N) is 2. The molecule has 2 fully saturated rings. The second-order valence-corrected chi connectivity index (χ2v) is 5.17. The number of carbonyl (C=O) groups is 1. The van der Waals surface area contributed by atoms with Gasteiger partial charge in [-0.25, -0.2) is 0 Å². The van der Waals surface area contributed by atoms with Crippen molar-refractivity contribution in [2.75, 3.05) is 13.1 Å². The summed E-state index contributed by atoms with van der Waals surface area (Å²) in [6.07, 6.45) is 3.24. The van der Waals surface area contributed by atoms with E-state index >= 15 is 0 Å². The number of fused-ring (bicyclic) bond motifs is 1. The summed E-state index contributed by atoms with van der Waals surface area (Å²) in [5.41, 5.74) is 1.28. The minimum absolute atomic E-state index is 0.267. The molecule has 0 aromatic heterocycles. The molecular formula is C15H20N2O. The highest BCUT2D eigenvalue weighted by Crippen LogP contribution is 2.36. The van der Waals surface area contributed by atoms with Crippen LogP contribution in [0.3, 0.4) is 0 Å². The standard InChI is InChI=1S/C15H20N2O/c1-2-16-13(12-7-4-3-5-8-12)11-15(18)17-10-6-9-14(16)17/h3-5,7-8,13-14H,2,6,9-11H2,1H3. The van der Waals surface area contributed by atoms with Gasteiger partial charge in [-0.2, -0.15) is 0 Å². The van der Waals surface area contributed by atoms with Gasteiger partial charge in [0.1, 0.15) is 0 Å². The lowest BCUT2D eigenvalue weighted by molar-refractivity contribution is -0.145. The molecule has 3 rings (SSSR count). The molecule has 18 heavy (non-hydrogen) atoms. The number of carbonyl (C=O) groups excluding carboxylic acids is 1. The van der Waals surface area contributed by atoms with E-state index in [0.717, 1.165) is 25.9 Å². The first-order valence-corrected chi connectivity index (χ1v) is 6.91. The number of benzene rings is 1. The lowest BCUT2D eigenvalue weighted by Gasteiger charge is -2.44. The van der Waals surface area contributed by atoms with Crippen LogP contribution in [-0.4, -0.2) is 35.0 Å². The molecule has 2 atom stereocenters. The molecule has 3 nitrogen and oxygen atoms in total. The number of hydrogen-bond acceptors (Lipinski definition) is 2. The van der Waals surface area contributed by atoms with Gasteiger partial charge in [-0.1, -0.05) is 37.3 Å². The van der Waals surface area contributed by atoms with Crippen LogP contribution in [0, 0.1) is 0 Å². The Hall–Kier alpha value is -1.35. The predicted octanol–water partition coefficient (Wildman–Crippen LogP) is 2.40. The maximum Gasteiger partial charge on any atom is 0.225 e. The number of hydrogen-bond donors (Lipinski definition) is 0. The topological polar surface area (TPSA) is 23.6 Å². The van der Waals surface area contributed by atoms with E-state index in [1.165, 1.54) is 5.56 Å². The van der Waals surface area contributed by atoms with Gasteiger partial charge in [0.25, 0.3) is 0 Å². The molecule has 0 spiro atoms. The Morgan fingerprint density at radius 1 is 1.28 bits per heavy atom. The van der Waals surface area contributed by atoms with Gasteiger partial charge in [0.15, 0.2) is 0 Å². The van der Waals surface area contributed by atoms with Crippen LogP contribution in [0.4, 0.5) is 0 Å². The van der Waals surface area contributed by atoms with Gasteiger partial charge in [-0.05, 0) is 24.9 Å². The molecule has 1 amide bonds. The zero-order chi connectivity index (χ0) is 12.5. The lowest BCUT2D eigenvalue weighted by Crippen LogP contribution is -2.54. The van der Waals surface area contributed by atoms with Crippen LogP contribution >= 0.6 is 0 Å². The summed E-state index contributed by atoms with van der Waals surface area (Å²) >= 11 is 0. The summed E-state index contributed by atoms with van der Waals surface area (Å²) in [6, 6.07) is 10.7. The minimum Gasteiger partial charge on any atom is -0.327 e. The molecule has 1 aromatic carbocycles. The first-order chi connectivity index (χ1) is 8.81. The lowest BCUT2D eigenvalue weighted by atomic mass is 9.98. The fraction of sp³-hybridized carbons (Fsp3) is 0.533. The van der Waals surface area contributed by atoms with Crippen molar-refractivity contribution in [2.45, 2.75) is 38.4 Å². The van der Waals surface area contributed by atoms with Crippen LogP contribution < -0.4 is 0 Å². The molecule has 0 aliphatic carbocycles. The summed E-state index contributed by atoms with van der Waals surface area (Å²) < 4.78 is 0. The molecule has 2 unspecified atom stereocenters. The van der Waals surface area contributed by atoms with Gasteiger partial charge in [-0.15, -0.1) is 0 Å². The highest BCUT2D eigenvalue weighted by Gasteiger charge is 2.41. The van der Waals surface area contributed by atoms with Gasteiger partial charge >= 0.3 is 0 Å². The van der Waals surface area contributed by atoms with Crippen LogP contribution in [0.1, 0.15) is 37.8 Å². The van der Waals surface area contributed by atoms with Crippen LogP contribution in [0.2, 0.25) is 0 Å². The van der Waals surface area contributed by atoms with Crippen LogP contribution in [-0.2, 0) is 4.79 Å². The fourth-order valence-electron chi connectivity index (χ4n) is 3.41. The van der Waals surface area contributed by atoms with Crippen molar-refractivity contribution in [3.05, 3.63) is 35.9 Å². The highest BCUT2D eigenvalue weighted by atomic mass is 16.2. The van der Waals surface area contributed by atoms with Crippen molar-refractivity contribution in [3.63, 3.8) is 0 Å². The molecule has 2 aliphatic heterocycles. The molecule has 0 N–H and O–H groups in total. The van der Waals surface area contributed by atoms with E-state index in [0.29, 0.717) is 18.5 Å². The minimum atomic E-state index is 0.267. The normalized spacial score (nSPS) is 28.5. The number of rotatable bonds is 2. The molecule has 0 radical (unpaired) electrons. The zero-order valence-electron chi connectivity index (χ0n) is 10.9. The molecule has 96 valence electrons. The smallest absolute Gasteiger partial charge is 0.225 e. The molecule has 3 heteroatoms. The van der Waals surface area contributed by atoms with E-state index in [9.17, 15) is 4.79 Å². The second-order valence-electron chi connectivity index (χ2n) is 5.17. The van der Waals surface area contributed by atoms with Crippen molar-refractivity contribution in [2.24, 2.45) is 0 Å². The third-order valence-corrected chi connectivity index (χ3v) is 4.24. The van der Waals surface area contributed by atoms with Crippen LogP contribution in [0.5, 0.6) is 0 Å². The number of amides is 1. The highest BCUT2D eigenvalue weighted by molar-refractivity contribution is 5.78. The van der Waals surface area contributed by atoms with Gasteiger partial charge in [0.2, 0.25) is 5.91 Å². The molecular weight excluding hydrogens is 224 g/mol. The summed E-state index contributed by atoms with van der Waals surface area (Å²) in [7, 11) is 0. The summed E-state index contributed by atoms with van der Waals surface area (Å²) in [4.78, 5) is 16.8. The third-order valence-electron chi connectivity index (χ3n) is 4.24. The van der Waals surface area contributed by atoms with Crippen molar-refractivity contribution >= 4 is 5.91 Å². The second kappa shape index (κ2) is 4.73. The van der Waals surface area contributed by atoms with Crippen molar-refractivity contribution in [1.82, 2.24) is 9.80 Å². The first kappa shape index (κ1) is 11.7. The molecule has 2 saturated heterocycles. The predicted molar refractivity (Wildman–Crippen MR) is 70.9 cm³/mol. The Bertz CT molecular complexity index is 431. The van der Waals surface area contributed by atoms with E-state index < -0.39 is 0 Å². The van der Waals surface area contributed by atoms with E-state index in [-0.39, 0.29) is 6.04 Å². The fourth-order valence-corrected chi connectivity index (χ4v) is 3.41. The van der Waals surface area contributed by atoms with E-state index in [1.54, 1.807) is 0 Å². The van der Waals surface area contributed by atoms with Crippen LogP contribution in [0.25, 0.3) is 0 Å². The molecule has 0 bridgehead atoms. The quantitative estimate of drug-likeness (QED) is 0.797. The molecule has 1 aromatic rings. The molecule has 2 aliphatic rings. The average molecular weight is 244 g/mol. The van der Waals surface area contributed by atoms with Crippen molar-refractivity contribution in [3.8, 4) is 0 Å². The Balaban J connectivity index is 1.92. The maximum absolute atomic E-state index is 12.2. The zero-order valence-corrected chi connectivity index (χ0v) is 10.9. The third kappa shape index (κ3) is 1.83. The Kier molecular flexibility index (Phi) is 3.08. The Morgan fingerprint density at radius 3 is 2.78 bits per heavy atom. The monoisotopic (exact) mass is 244 g/mol.